The van der Waals surface area contributed by atoms with E-state index in [2.05, 4.69) is 22.7 Å². The van der Waals surface area contributed by atoms with E-state index in [0.29, 0.717) is 15.7 Å². The van der Waals surface area contributed by atoms with E-state index in [4.69, 9.17) is 39.6 Å². The summed E-state index contributed by atoms with van der Waals surface area (Å²) in [6, 6.07) is 18.1. The van der Waals surface area contributed by atoms with Gasteiger partial charge < -0.3 is 10.2 Å². The van der Waals surface area contributed by atoms with Gasteiger partial charge in [-0.15, -0.1) is 0 Å². The molecule has 0 fully saturated rings. The van der Waals surface area contributed by atoms with Crippen molar-refractivity contribution < 1.29 is 14.4 Å². The number of urea groups is 1. The van der Waals surface area contributed by atoms with Gasteiger partial charge in [0.15, 0.2) is 0 Å². The Hall–Kier alpha value is -3.06. The maximum absolute atomic E-state index is 12.2. The molecule has 0 aliphatic heterocycles. The number of imide groups is 1. The number of benzene rings is 3. The molecule has 0 unspecified atom stereocenters. The van der Waals surface area contributed by atoms with Gasteiger partial charge in [0, 0.05) is 16.3 Å². The zero-order valence-corrected chi connectivity index (χ0v) is 21.3. The first kappa shape index (κ1) is 26.5. The minimum Gasteiger partial charge on any atom is -0.391 e. The fourth-order valence-corrected chi connectivity index (χ4v) is 3.88. The number of halogens is 3. The molecule has 0 atom stereocenters. The first-order chi connectivity index (χ1) is 16.9. The van der Waals surface area contributed by atoms with Gasteiger partial charge in [-0.3, -0.25) is 10.1 Å². The Labute approximate surface area is 219 Å². The fourth-order valence-electron chi connectivity index (χ4n) is 3.14. The van der Waals surface area contributed by atoms with E-state index >= 15 is 0 Å². The first-order valence-electron chi connectivity index (χ1n) is 11.0. The van der Waals surface area contributed by atoms with Gasteiger partial charge in [-0.1, -0.05) is 83.6 Å². The third-order valence-electron chi connectivity index (χ3n) is 4.97. The Morgan fingerprint density at radius 3 is 2.34 bits per heavy atom. The molecule has 9 heteroatoms. The molecule has 3 aromatic carbocycles. The van der Waals surface area contributed by atoms with Crippen molar-refractivity contribution in [2.75, 3.05) is 5.32 Å². The largest absolute Gasteiger partial charge is 0.391 e. The average Bonchev–Trinajstić information content (AvgIpc) is 2.83. The lowest BCUT2D eigenvalue weighted by atomic mass is 10.1. The fraction of sp³-hybridized carbons (Fsp3) is 0.192. The summed E-state index contributed by atoms with van der Waals surface area (Å²) in [5.41, 5.74) is 3.13. The second kappa shape index (κ2) is 13.1. The molecule has 0 aliphatic carbocycles. The molecule has 35 heavy (non-hydrogen) atoms. The lowest BCUT2D eigenvalue weighted by Crippen LogP contribution is -2.34. The van der Waals surface area contributed by atoms with Crippen LogP contribution >= 0.6 is 34.8 Å². The van der Waals surface area contributed by atoms with Crippen LogP contribution in [0.1, 0.15) is 47.7 Å². The van der Waals surface area contributed by atoms with E-state index in [1.54, 1.807) is 54.6 Å². The van der Waals surface area contributed by atoms with Crippen LogP contribution < -0.4 is 10.6 Å². The predicted octanol–water partition coefficient (Wildman–Crippen LogP) is 7.72. The molecule has 0 saturated heterocycles. The second-order valence-corrected chi connectivity index (χ2v) is 8.87. The van der Waals surface area contributed by atoms with Crippen LogP contribution in [0.25, 0.3) is 0 Å². The number of rotatable bonds is 9. The Balaban J connectivity index is 1.57. The number of carbonyl (C=O) groups excluding carboxylic acids is 2. The maximum atomic E-state index is 12.2. The number of oxime groups is 1. The number of nitrogens with one attached hydrogen (secondary N) is 2. The lowest BCUT2D eigenvalue weighted by Gasteiger charge is -2.10. The van der Waals surface area contributed by atoms with Crippen LogP contribution in [-0.2, 0) is 11.4 Å². The number of hydrogen-bond acceptors (Lipinski definition) is 4. The summed E-state index contributed by atoms with van der Waals surface area (Å²) in [5, 5.41) is 10.5. The van der Waals surface area contributed by atoms with Gasteiger partial charge in [0.2, 0.25) is 0 Å². The number of amides is 3. The van der Waals surface area contributed by atoms with Gasteiger partial charge in [0.25, 0.3) is 5.91 Å². The Bertz CT molecular complexity index is 1210. The monoisotopic (exact) mass is 531 g/mol. The molecule has 0 spiro atoms. The number of nitrogens with zero attached hydrogens (tertiary/aromatic N) is 1. The van der Waals surface area contributed by atoms with Crippen molar-refractivity contribution in [3.8, 4) is 0 Å². The second-order valence-electron chi connectivity index (χ2n) is 7.62. The molecular formula is C26H24Cl3N3O3. The van der Waals surface area contributed by atoms with E-state index in [-0.39, 0.29) is 17.2 Å². The quantitative estimate of drug-likeness (QED) is 0.219. The Morgan fingerprint density at radius 1 is 0.914 bits per heavy atom. The average molecular weight is 533 g/mol. The number of carbonyl (C=O) groups is 2. The number of anilines is 1. The third-order valence-corrected chi connectivity index (χ3v) is 5.85. The molecule has 6 nitrogen and oxygen atoms in total. The highest BCUT2D eigenvalue weighted by Crippen LogP contribution is 2.24. The topological polar surface area (TPSA) is 79.8 Å². The molecule has 0 bridgehead atoms. The highest BCUT2D eigenvalue weighted by molar-refractivity contribution is 6.37. The number of unbranched alkanes of at least 4 members (excludes halogenated alkanes) is 1. The van der Waals surface area contributed by atoms with Gasteiger partial charge in [0.05, 0.1) is 21.3 Å². The third kappa shape index (κ3) is 7.99. The van der Waals surface area contributed by atoms with E-state index < -0.39 is 11.9 Å². The van der Waals surface area contributed by atoms with Crippen LogP contribution in [0.2, 0.25) is 15.1 Å². The number of hydrogen-bond donors (Lipinski definition) is 2. The van der Waals surface area contributed by atoms with Crippen molar-refractivity contribution in [2.24, 2.45) is 5.16 Å². The lowest BCUT2D eigenvalue weighted by molar-refractivity contribution is 0.0967. The van der Waals surface area contributed by atoms with Gasteiger partial charge in [0.1, 0.15) is 6.61 Å². The van der Waals surface area contributed by atoms with Gasteiger partial charge in [-0.05, 0) is 54.8 Å². The summed E-state index contributed by atoms with van der Waals surface area (Å²) in [7, 11) is 0. The molecule has 182 valence electrons. The van der Waals surface area contributed by atoms with Crippen LogP contribution in [0.5, 0.6) is 0 Å². The molecule has 2 N–H and O–H groups in total. The standard InChI is InChI=1S/C26H24Cl3N3O3/c1-2-3-8-24(20-14-11-18(27)15-23(20)29)32-35-16-17-9-12-19(13-10-17)30-26(34)31-25(33)21-6-4-5-7-22(21)28/h4-7,9-15H,2-3,8,16H2,1H3,(H2,30,31,33,34). The molecule has 3 amide bonds. The molecule has 0 aromatic heterocycles. The minimum atomic E-state index is -0.663. The van der Waals surface area contributed by atoms with Crippen molar-refractivity contribution >= 4 is 58.1 Å². The van der Waals surface area contributed by atoms with Crippen molar-refractivity contribution in [1.29, 1.82) is 0 Å². The predicted molar refractivity (Wildman–Crippen MR) is 142 cm³/mol. The Morgan fingerprint density at radius 2 is 1.66 bits per heavy atom. The summed E-state index contributed by atoms with van der Waals surface area (Å²) >= 11 is 18.3. The zero-order valence-electron chi connectivity index (χ0n) is 19.0. The van der Waals surface area contributed by atoms with Crippen molar-refractivity contribution in [2.45, 2.75) is 32.8 Å². The van der Waals surface area contributed by atoms with E-state index in [0.717, 1.165) is 36.1 Å². The van der Waals surface area contributed by atoms with Crippen molar-refractivity contribution in [3.05, 3.63) is 98.5 Å². The van der Waals surface area contributed by atoms with Crippen LogP contribution in [0.4, 0.5) is 10.5 Å². The molecule has 3 rings (SSSR count). The summed E-state index contributed by atoms with van der Waals surface area (Å²) in [6.07, 6.45) is 2.68. The molecule has 0 aliphatic rings. The van der Waals surface area contributed by atoms with E-state index in [1.165, 1.54) is 6.07 Å². The van der Waals surface area contributed by atoms with Gasteiger partial charge in [-0.25, -0.2) is 4.79 Å². The molecule has 3 aromatic rings. The van der Waals surface area contributed by atoms with Crippen molar-refractivity contribution in [1.82, 2.24) is 5.32 Å². The SMILES string of the molecule is CCCCC(=NOCc1ccc(NC(=O)NC(=O)c2ccccc2Cl)cc1)c1ccc(Cl)cc1Cl. The molecule has 0 radical (unpaired) electrons. The van der Waals surface area contributed by atoms with Crippen LogP contribution in [-0.4, -0.2) is 17.6 Å². The molecule has 0 saturated carbocycles. The first-order valence-corrected chi connectivity index (χ1v) is 12.1. The Kier molecular flexibility index (Phi) is 9.97. The van der Waals surface area contributed by atoms with E-state index in [1.807, 2.05) is 6.07 Å². The summed E-state index contributed by atoms with van der Waals surface area (Å²) < 4.78 is 0. The summed E-state index contributed by atoms with van der Waals surface area (Å²) in [4.78, 5) is 30.0. The summed E-state index contributed by atoms with van der Waals surface area (Å²) in [5.74, 6) is -0.587. The summed E-state index contributed by atoms with van der Waals surface area (Å²) in [6.45, 7) is 2.34. The van der Waals surface area contributed by atoms with Crippen molar-refractivity contribution in [3.63, 3.8) is 0 Å². The van der Waals surface area contributed by atoms with Gasteiger partial charge >= 0.3 is 6.03 Å². The van der Waals surface area contributed by atoms with E-state index in [9.17, 15) is 9.59 Å². The van der Waals surface area contributed by atoms with Crippen LogP contribution in [0.3, 0.4) is 0 Å². The molecular weight excluding hydrogens is 509 g/mol. The highest BCUT2D eigenvalue weighted by Gasteiger charge is 2.13. The highest BCUT2D eigenvalue weighted by atomic mass is 35.5. The van der Waals surface area contributed by atoms with Crippen LogP contribution in [0.15, 0.2) is 71.9 Å². The van der Waals surface area contributed by atoms with Gasteiger partial charge in [-0.2, -0.15) is 0 Å². The zero-order chi connectivity index (χ0) is 25.2. The maximum Gasteiger partial charge on any atom is 0.326 e. The van der Waals surface area contributed by atoms with Crippen LogP contribution in [0, 0.1) is 0 Å². The molecule has 0 heterocycles. The smallest absolute Gasteiger partial charge is 0.326 e. The normalized spacial score (nSPS) is 11.1. The minimum absolute atomic E-state index is 0.218.